The number of rotatable bonds is 5. The second kappa shape index (κ2) is 7.13. The molecule has 1 amide bonds. The molecule has 1 saturated heterocycles. The van der Waals surface area contributed by atoms with E-state index >= 15 is 0 Å². The minimum atomic E-state index is -3.66. The van der Waals surface area contributed by atoms with Crippen LogP contribution in [0.3, 0.4) is 0 Å². The number of hydrogen-bond donors (Lipinski definition) is 2. The first-order valence-corrected chi connectivity index (χ1v) is 9.66. The number of piperidine rings is 1. The molecule has 0 spiro atoms. The average Bonchev–Trinajstić information content (AvgIpc) is 2.55. The fourth-order valence-electron chi connectivity index (χ4n) is 2.67. The van der Waals surface area contributed by atoms with Crippen molar-refractivity contribution in [1.82, 2.24) is 9.62 Å². The quantitative estimate of drug-likeness (QED) is 0.824. The molecule has 0 aliphatic carbocycles. The van der Waals surface area contributed by atoms with Gasteiger partial charge in [-0.3, -0.25) is 4.79 Å². The maximum atomic E-state index is 12.8. The highest BCUT2D eigenvalue weighted by Gasteiger charge is 2.31. The van der Waals surface area contributed by atoms with Gasteiger partial charge in [0.25, 0.3) is 5.91 Å². The van der Waals surface area contributed by atoms with Crippen LogP contribution in [0, 0.1) is 6.92 Å². The van der Waals surface area contributed by atoms with E-state index in [0.717, 1.165) is 19.3 Å². The first-order valence-electron chi connectivity index (χ1n) is 8.22. The predicted octanol–water partition coefficient (Wildman–Crippen LogP) is 1.76. The molecule has 1 heterocycles. The van der Waals surface area contributed by atoms with Gasteiger partial charge < -0.3 is 10.4 Å². The molecule has 1 aromatic carbocycles. The van der Waals surface area contributed by atoms with Gasteiger partial charge in [-0.05, 0) is 51.3 Å². The number of carbonyl (C=O) groups is 2. The number of benzene rings is 1. The number of amides is 1. The summed E-state index contributed by atoms with van der Waals surface area (Å²) in [4.78, 5) is 23.7. The van der Waals surface area contributed by atoms with Gasteiger partial charge >= 0.3 is 5.97 Å². The molecule has 0 bridgehead atoms. The number of carbonyl (C=O) groups excluding carboxylic acids is 1. The lowest BCUT2D eigenvalue weighted by atomic mass is 10.0. The lowest BCUT2D eigenvalue weighted by Gasteiger charge is -2.26. The van der Waals surface area contributed by atoms with Crippen molar-refractivity contribution in [3.8, 4) is 0 Å². The van der Waals surface area contributed by atoms with Gasteiger partial charge in [0.15, 0.2) is 0 Å². The number of carboxylic acids is 1. The Bertz CT molecular complexity index is 780. The number of hydrogen-bond acceptors (Lipinski definition) is 4. The summed E-state index contributed by atoms with van der Waals surface area (Å²) in [6.45, 7) is 5.38. The molecule has 1 aliphatic heterocycles. The normalized spacial score (nSPS) is 16.4. The van der Waals surface area contributed by atoms with Crippen LogP contribution in [0.25, 0.3) is 0 Å². The Balaban J connectivity index is 2.34. The molecule has 1 aliphatic rings. The van der Waals surface area contributed by atoms with Crippen molar-refractivity contribution in [3.05, 3.63) is 29.3 Å². The van der Waals surface area contributed by atoms with Gasteiger partial charge in [-0.1, -0.05) is 12.5 Å². The minimum Gasteiger partial charge on any atom is -0.480 e. The predicted molar refractivity (Wildman–Crippen MR) is 93.0 cm³/mol. The summed E-state index contributed by atoms with van der Waals surface area (Å²) in [5, 5.41) is 11.6. The van der Waals surface area contributed by atoms with Crippen LogP contribution in [0.15, 0.2) is 23.1 Å². The first kappa shape index (κ1) is 19.4. The first-order chi connectivity index (χ1) is 11.6. The molecule has 8 heteroatoms. The zero-order valence-electron chi connectivity index (χ0n) is 14.7. The van der Waals surface area contributed by atoms with E-state index < -0.39 is 27.4 Å². The summed E-state index contributed by atoms with van der Waals surface area (Å²) in [6.07, 6.45) is 2.66. The molecule has 1 fully saturated rings. The summed E-state index contributed by atoms with van der Waals surface area (Å²) >= 11 is 0. The van der Waals surface area contributed by atoms with Gasteiger partial charge in [0.2, 0.25) is 10.0 Å². The molecule has 2 rings (SSSR count). The third-order valence-corrected chi connectivity index (χ3v) is 6.26. The van der Waals surface area contributed by atoms with Crippen LogP contribution >= 0.6 is 0 Å². The monoisotopic (exact) mass is 368 g/mol. The molecule has 138 valence electrons. The zero-order chi connectivity index (χ0) is 18.8. The maximum Gasteiger partial charge on any atom is 0.328 e. The zero-order valence-corrected chi connectivity index (χ0v) is 15.5. The number of sulfonamides is 1. The third kappa shape index (κ3) is 4.19. The highest BCUT2D eigenvalue weighted by molar-refractivity contribution is 7.89. The molecule has 25 heavy (non-hydrogen) atoms. The molecule has 7 nitrogen and oxygen atoms in total. The molecule has 0 aromatic heterocycles. The maximum absolute atomic E-state index is 12.8. The van der Waals surface area contributed by atoms with Crippen molar-refractivity contribution < 1.29 is 23.1 Å². The fourth-order valence-corrected chi connectivity index (χ4v) is 4.21. The van der Waals surface area contributed by atoms with Gasteiger partial charge in [-0.2, -0.15) is 4.31 Å². The van der Waals surface area contributed by atoms with Crippen molar-refractivity contribution in [2.75, 3.05) is 13.1 Å². The van der Waals surface area contributed by atoms with E-state index in [-0.39, 0.29) is 10.5 Å². The molecule has 0 saturated carbocycles. The molecule has 2 N–H and O–H groups in total. The van der Waals surface area contributed by atoms with E-state index in [2.05, 4.69) is 5.32 Å². The number of aliphatic carboxylic acids is 1. The highest BCUT2D eigenvalue weighted by Crippen LogP contribution is 2.23. The molecular formula is C17H24N2O5S. The third-order valence-electron chi connectivity index (χ3n) is 4.37. The molecule has 0 unspecified atom stereocenters. The Labute approximate surface area is 148 Å². The van der Waals surface area contributed by atoms with Crippen molar-refractivity contribution in [2.24, 2.45) is 0 Å². The van der Waals surface area contributed by atoms with Crippen molar-refractivity contribution in [2.45, 2.75) is 50.5 Å². The summed E-state index contributed by atoms with van der Waals surface area (Å²) in [7, 11) is -3.66. The van der Waals surface area contributed by atoms with Gasteiger partial charge in [-0.25, -0.2) is 13.2 Å². The van der Waals surface area contributed by atoms with Crippen molar-refractivity contribution in [3.63, 3.8) is 0 Å². The van der Waals surface area contributed by atoms with Gasteiger partial charge in [0.05, 0.1) is 4.90 Å². The molecule has 1 aromatic rings. The van der Waals surface area contributed by atoms with Crippen LogP contribution < -0.4 is 5.32 Å². The van der Waals surface area contributed by atoms with E-state index in [0.29, 0.717) is 18.7 Å². The van der Waals surface area contributed by atoms with Gasteiger partial charge in [0.1, 0.15) is 5.54 Å². The smallest absolute Gasteiger partial charge is 0.328 e. The Morgan fingerprint density at radius 3 is 2.32 bits per heavy atom. The van der Waals surface area contributed by atoms with Crippen LogP contribution in [-0.2, 0) is 14.8 Å². The van der Waals surface area contributed by atoms with Crippen molar-refractivity contribution in [1.29, 1.82) is 0 Å². The summed E-state index contributed by atoms with van der Waals surface area (Å²) in [5.41, 5.74) is -0.714. The second-order valence-corrected chi connectivity index (χ2v) is 8.76. The largest absolute Gasteiger partial charge is 0.480 e. The highest BCUT2D eigenvalue weighted by atomic mass is 32.2. The van der Waals surface area contributed by atoms with Gasteiger partial charge in [-0.15, -0.1) is 0 Å². The van der Waals surface area contributed by atoms with Crippen LogP contribution in [0.4, 0.5) is 0 Å². The lowest BCUT2D eigenvalue weighted by molar-refractivity contribution is -0.143. The summed E-state index contributed by atoms with van der Waals surface area (Å²) < 4.78 is 27.0. The lowest BCUT2D eigenvalue weighted by Crippen LogP contribution is -2.49. The Morgan fingerprint density at radius 2 is 1.76 bits per heavy atom. The molecule has 0 atom stereocenters. The van der Waals surface area contributed by atoms with Crippen molar-refractivity contribution >= 4 is 21.9 Å². The van der Waals surface area contributed by atoms with Gasteiger partial charge in [0, 0.05) is 18.7 Å². The average molecular weight is 368 g/mol. The molecular weight excluding hydrogens is 344 g/mol. The van der Waals surface area contributed by atoms with E-state index in [1.54, 1.807) is 13.0 Å². The number of aryl methyl sites for hydroxylation is 1. The van der Waals surface area contributed by atoms with Crippen LogP contribution in [-0.4, -0.2) is 48.3 Å². The minimum absolute atomic E-state index is 0.0540. The molecule has 0 radical (unpaired) electrons. The van der Waals surface area contributed by atoms with Crippen LogP contribution in [0.2, 0.25) is 0 Å². The topological polar surface area (TPSA) is 104 Å². The standard InChI is InChI=1S/C17H24N2O5S/c1-12-7-8-13(25(23,24)19-9-5-4-6-10-19)11-14(12)15(20)18-17(2,3)16(21)22/h7-8,11H,4-6,9-10H2,1-3H3,(H,18,20)(H,21,22). The van der Waals surface area contributed by atoms with E-state index in [1.807, 2.05) is 0 Å². The van der Waals surface area contributed by atoms with E-state index in [4.69, 9.17) is 5.11 Å². The fraction of sp³-hybridized carbons (Fsp3) is 0.529. The Hall–Kier alpha value is -1.93. The Morgan fingerprint density at radius 1 is 1.16 bits per heavy atom. The Kier molecular flexibility index (Phi) is 5.53. The van der Waals surface area contributed by atoms with Crippen LogP contribution in [0.1, 0.15) is 49.0 Å². The van der Waals surface area contributed by atoms with E-state index in [9.17, 15) is 18.0 Å². The summed E-state index contributed by atoms with van der Waals surface area (Å²) in [6, 6.07) is 4.38. The SMILES string of the molecule is Cc1ccc(S(=O)(=O)N2CCCCC2)cc1C(=O)NC(C)(C)C(=O)O. The van der Waals surface area contributed by atoms with Crippen LogP contribution in [0.5, 0.6) is 0 Å². The second-order valence-electron chi connectivity index (χ2n) is 6.83. The number of nitrogens with zero attached hydrogens (tertiary/aromatic N) is 1. The van der Waals surface area contributed by atoms with E-state index in [1.165, 1.54) is 30.3 Å². The number of nitrogens with one attached hydrogen (secondary N) is 1. The summed E-state index contributed by atoms with van der Waals surface area (Å²) in [5.74, 6) is -1.78. The number of carboxylic acid groups (broad SMARTS) is 1.